The summed E-state index contributed by atoms with van der Waals surface area (Å²) in [6, 6.07) is 20.2. The fraction of sp³-hybridized carbons (Fsp3) is 0.0909. The Kier molecular flexibility index (Phi) is 7.48. The maximum atomic E-state index is 12.1. The third kappa shape index (κ3) is 5.95. The second-order valence-corrected chi connectivity index (χ2v) is 7.65. The van der Waals surface area contributed by atoms with Crippen molar-refractivity contribution in [3.8, 4) is 11.5 Å². The number of carbonyl (C=O) groups excluding carboxylic acids is 1. The van der Waals surface area contributed by atoms with Gasteiger partial charge < -0.3 is 9.47 Å². The van der Waals surface area contributed by atoms with E-state index in [1.54, 1.807) is 37.6 Å². The maximum absolute atomic E-state index is 12.1. The molecule has 5 nitrogen and oxygen atoms in total. The van der Waals surface area contributed by atoms with E-state index in [1.807, 2.05) is 42.5 Å². The Hall–Kier alpha value is -2.58. The number of ether oxygens (including phenoxy) is 2. The van der Waals surface area contributed by atoms with Crippen molar-refractivity contribution in [2.24, 2.45) is 5.10 Å². The molecule has 3 rings (SSSR count). The average molecular weight is 521 g/mol. The van der Waals surface area contributed by atoms with E-state index in [2.05, 4.69) is 33.1 Å². The minimum atomic E-state index is -0.272. The Bertz CT molecular complexity index is 1040. The van der Waals surface area contributed by atoms with Gasteiger partial charge in [-0.15, -0.1) is 0 Å². The first-order chi connectivity index (χ1) is 14.1. The summed E-state index contributed by atoms with van der Waals surface area (Å²) < 4.78 is 12.2. The van der Waals surface area contributed by atoms with E-state index in [0.717, 1.165) is 14.7 Å². The molecule has 0 spiro atoms. The highest BCUT2D eigenvalue weighted by molar-refractivity contribution is 14.1. The van der Waals surface area contributed by atoms with Gasteiger partial charge in [-0.1, -0.05) is 35.9 Å². The highest BCUT2D eigenvalue weighted by Crippen LogP contribution is 2.29. The molecule has 0 bridgehead atoms. The fourth-order valence-electron chi connectivity index (χ4n) is 2.51. The number of methoxy groups -OCH3 is 1. The van der Waals surface area contributed by atoms with E-state index in [-0.39, 0.29) is 5.91 Å². The Morgan fingerprint density at radius 1 is 1.10 bits per heavy atom. The predicted octanol–water partition coefficient (Wildman–Crippen LogP) is 5.30. The lowest BCUT2D eigenvalue weighted by molar-refractivity contribution is 0.0955. The summed E-state index contributed by atoms with van der Waals surface area (Å²) >= 11 is 8.32. The van der Waals surface area contributed by atoms with Gasteiger partial charge in [0.2, 0.25) is 0 Å². The first kappa shape index (κ1) is 21.1. The summed E-state index contributed by atoms with van der Waals surface area (Å²) in [5, 5.41) is 4.67. The van der Waals surface area contributed by atoms with Crippen molar-refractivity contribution in [1.82, 2.24) is 5.43 Å². The normalized spacial score (nSPS) is 10.7. The van der Waals surface area contributed by atoms with Crippen LogP contribution < -0.4 is 14.9 Å². The fourth-order valence-corrected chi connectivity index (χ4v) is 3.25. The molecule has 3 aromatic rings. The summed E-state index contributed by atoms with van der Waals surface area (Å²) in [5.74, 6) is 0.879. The van der Waals surface area contributed by atoms with E-state index in [0.29, 0.717) is 28.7 Å². The Balaban J connectivity index is 1.64. The number of nitrogens with one attached hydrogen (secondary N) is 1. The third-order valence-electron chi connectivity index (χ3n) is 4.00. The summed E-state index contributed by atoms with van der Waals surface area (Å²) in [4.78, 5) is 12.1. The van der Waals surface area contributed by atoms with Gasteiger partial charge in [-0.2, -0.15) is 5.10 Å². The first-order valence-corrected chi connectivity index (χ1v) is 10.2. The molecular weight excluding hydrogens is 503 g/mol. The van der Waals surface area contributed by atoms with Crippen LogP contribution in [0.25, 0.3) is 0 Å². The van der Waals surface area contributed by atoms with E-state index < -0.39 is 0 Å². The lowest BCUT2D eigenvalue weighted by Gasteiger charge is -2.12. The molecule has 0 aliphatic carbocycles. The molecule has 7 heteroatoms. The number of hydrazone groups is 1. The van der Waals surface area contributed by atoms with Gasteiger partial charge in [0, 0.05) is 19.7 Å². The maximum Gasteiger partial charge on any atom is 0.271 e. The minimum absolute atomic E-state index is 0.272. The standard InChI is InChI=1S/C22H18ClIN2O3/c1-28-21-11-15(13-25-26-22(27)16-6-4-7-18(24)12-16)9-10-20(21)29-14-17-5-2-3-8-19(17)23/h2-13H,14H2,1H3,(H,26,27)/b25-13-. The Labute approximate surface area is 187 Å². The van der Waals surface area contributed by atoms with Crippen LogP contribution in [0.3, 0.4) is 0 Å². The quantitative estimate of drug-likeness (QED) is 0.261. The monoisotopic (exact) mass is 520 g/mol. The van der Waals surface area contributed by atoms with Crippen LogP contribution in [0.4, 0.5) is 0 Å². The van der Waals surface area contributed by atoms with Gasteiger partial charge in [0.15, 0.2) is 11.5 Å². The Morgan fingerprint density at radius 2 is 1.93 bits per heavy atom. The molecule has 3 aromatic carbocycles. The van der Waals surface area contributed by atoms with Gasteiger partial charge in [0.05, 0.1) is 13.3 Å². The van der Waals surface area contributed by atoms with E-state index in [1.165, 1.54) is 0 Å². The third-order valence-corrected chi connectivity index (χ3v) is 5.03. The minimum Gasteiger partial charge on any atom is -0.493 e. The molecule has 0 aliphatic rings. The first-order valence-electron chi connectivity index (χ1n) is 8.70. The van der Waals surface area contributed by atoms with Gasteiger partial charge in [-0.05, 0) is 70.6 Å². The summed E-state index contributed by atoms with van der Waals surface area (Å²) in [6.07, 6.45) is 1.55. The topological polar surface area (TPSA) is 59.9 Å². The zero-order valence-corrected chi connectivity index (χ0v) is 18.5. The molecule has 1 amide bonds. The second-order valence-electron chi connectivity index (χ2n) is 6.00. The van der Waals surface area contributed by atoms with Crippen molar-refractivity contribution in [1.29, 1.82) is 0 Å². The summed E-state index contributed by atoms with van der Waals surface area (Å²) in [7, 11) is 1.57. The number of carbonyl (C=O) groups is 1. The molecule has 0 aliphatic heterocycles. The smallest absolute Gasteiger partial charge is 0.271 e. The molecule has 1 N–H and O–H groups in total. The van der Waals surface area contributed by atoms with Gasteiger partial charge in [0.1, 0.15) is 6.61 Å². The highest BCUT2D eigenvalue weighted by atomic mass is 127. The van der Waals surface area contributed by atoms with Crippen LogP contribution in [0.2, 0.25) is 5.02 Å². The highest BCUT2D eigenvalue weighted by Gasteiger charge is 2.08. The van der Waals surface area contributed by atoms with Crippen LogP contribution in [0, 0.1) is 3.57 Å². The van der Waals surface area contributed by atoms with Gasteiger partial charge in [0.25, 0.3) is 5.91 Å². The molecule has 0 radical (unpaired) electrons. The zero-order valence-electron chi connectivity index (χ0n) is 15.6. The largest absolute Gasteiger partial charge is 0.493 e. The van der Waals surface area contributed by atoms with Crippen molar-refractivity contribution >= 4 is 46.3 Å². The second kappa shape index (κ2) is 10.3. The molecule has 0 heterocycles. The number of hydrogen-bond donors (Lipinski definition) is 1. The lowest BCUT2D eigenvalue weighted by atomic mass is 10.2. The summed E-state index contributed by atoms with van der Waals surface area (Å²) in [5.41, 5.74) is 4.72. The average Bonchev–Trinajstić information content (AvgIpc) is 2.73. The summed E-state index contributed by atoms with van der Waals surface area (Å²) in [6.45, 7) is 0.329. The van der Waals surface area contributed by atoms with Gasteiger partial charge >= 0.3 is 0 Å². The molecule has 29 heavy (non-hydrogen) atoms. The molecule has 0 saturated carbocycles. The SMILES string of the molecule is COc1cc(/C=N\NC(=O)c2cccc(I)c2)ccc1OCc1ccccc1Cl. The number of amides is 1. The Morgan fingerprint density at radius 3 is 2.69 bits per heavy atom. The molecule has 0 atom stereocenters. The van der Waals surface area contributed by atoms with Crippen LogP contribution in [-0.2, 0) is 6.61 Å². The number of hydrogen-bond acceptors (Lipinski definition) is 4. The van der Waals surface area contributed by atoms with Crippen molar-refractivity contribution in [3.63, 3.8) is 0 Å². The van der Waals surface area contributed by atoms with Crippen LogP contribution in [0.1, 0.15) is 21.5 Å². The van der Waals surface area contributed by atoms with Gasteiger partial charge in [-0.25, -0.2) is 5.43 Å². The predicted molar refractivity (Wildman–Crippen MR) is 123 cm³/mol. The number of rotatable bonds is 7. The number of halogens is 2. The molecular formula is C22H18ClIN2O3. The number of nitrogens with zero attached hydrogens (tertiary/aromatic N) is 1. The van der Waals surface area contributed by atoms with Crippen molar-refractivity contribution in [3.05, 3.63) is 92.0 Å². The molecule has 0 aromatic heterocycles. The van der Waals surface area contributed by atoms with Crippen LogP contribution >= 0.6 is 34.2 Å². The van der Waals surface area contributed by atoms with Crippen molar-refractivity contribution in [2.45, 2.75) is 6.61 Å². The lowest BCUT2D eigenvalue weighted by Crippen LogP contribution is -2.17. The molecule has 0 unspecified atom stereocenters. The molecule has 148 valence electrons. The van der Waals surface area contributed by atoms with Crippen LogP contribution in [-0.4, -0.2) is 19.2 Å². The van der Waals surface area contributed by atoms with E-state index in [9.17, 15) is 4.79 Å². The molecule has 0 fully saturated rings. The van der Waals surface area contributed by atoms with E-state index >= 15 is 0 Å². The number of benzene rings is 3. The zero-order chi connectivity index (χ0) is 20.6. The van der Waals surface area contributed by atoms with Crippen molar-refractivity contribution < 1.29 is 14.3 Å². The van der Waals surface area contributed by atoms with Crippen LogP contribution in [0.5, 0.6) is 11.5 Å². The molecule has 0 saturated heterocycles. The van der Waals surface area contributed by atoms with Crippen molar-refractivity contribution in [2.75, 3.05) is 7.11 Å². The van der Waals surface area contributed by atoms with E-state index in [4.69, 9.17) is 21.1 Å². The van der Waals surface area contributed by atoms with Gasteiger partial charge in [-0.3, -0.25) is 4.79 Å². The van der Waals surface area contributed by atoms with Crippen LogP contribution in [0.15, 0.2) is 71.8 Å².